The lowest BCUT2D eigenvalue weighted by atomic mass is 9.80. The lowest BCUT2D eigenvalue weighted by Crippen LogP contribution is -2.34. The molecule has 11 aromatic rings. The van der Waals surface area contributed by atoms with E-state index in [0.717, 1.165) is 23.6 Å². The van der Waals surface area contributed by atoms with Crippen LogP contribution in [-0.2, 0) is 30.1 Å². The van der Waals surface area contributed by atoms with Crippen LogP contribution in [0.1, 0.15) is 294 Å². The zero-order chi connectivity index (χ0) is 84.3. The van der Waals surface area contributed by atoms with Crippen LogP contribution in [0.5, 0.6) is 0 Å². The van der Waals surface area contributed by atoms with Gasteiger partial charge in [0.1, 0.15) is 0 Å². The van der Waals surface area contributed by atoms with E-state index >= 15 is 0 Å². The van der Waals surface area contributed by atoms with Crippen LogP contribution < -0.4 is 24.5 Å². The quantitative estimate of drug-likeness (QED) is 0.0453. The number of fused-ring (bicyclic) bond motifs is 1. The van der Waals surface area contributed by atoms with Crippen molar-refractivity contribution in [3.8, 4) is 11.1 Å². The molecule has 3 aliphatic rings. The molecule has 0 atom stereocenters. The highest BCUT2D eigenvalue weighted by atomic mass is 15.2. The number of hydrogen-bond acceptors (Lipinski definition) is 5. The molecule has 0 saturated carbocycles. The van der Waals surface area contributed by atoms with Gasteiger partial charge in [0, 0.05) is 89.6 Å². The molecule has 14 rings (SSSR count). The summed E-state index contributed by atoms with van der Waals surface area (Å²) >= 11 is 0. The van der Waals surface area contributed by atoms with E-state index < -0.39 is 0 Å². The van der Waals surface area contributed by atoms with Gasteiger partial charge in [-0.1, -0.05) is 334 Å². The fraction of sp³-hybridized carbons (Fsp3) is 0.416. The molecule has 118 heavy (non-hydrogen) atoms. The molecule has 0 saturated heterocycles. The molecule has 0 bridgehead atoms. The van der Waals surface area contributed by atoms with Crippen LogP contribution in [0.4, 0.5) is 56.9 Å². The van der Waals surface area contributed by atoms with E-state index in [0.29, 0.717) is 35.5 Å². The Morgan fingerprint density at radius 3 is 1.03 bits per heavy atom. The minimum Gasteiger partial charge on any atom is -0.371 e. The second-order valence-corrected chi connectivity index (χ2v) is 36.9. The molecule has 0 unspecified atom stereocenters. The van der Waals surface area contributed by atoms with Crippen LogP contribution in [0.15, 0.2) is 267 Å². The molecule has 3 aliphatic heterocycles. The summed E-state index contributed by atoms with van der Waals surface area (Å²) in [6, 6.07) is 98.0. The normalized spacial score (nSPS) is 13.0. The Balaban J connectivity index is 0.000000160. The number of anilines is 10. The van der Waals surface area contributed by atoms with E-state index in [1.807, 2.05) is 0 Å². The van der Waals surface area contributed by atoms with Crippen LogP contribution >= 0.6 is 0 Å². The summed E-state index contributed by atoms with van der Waals surface area (Å²) in [7, 11) is 0. The monoisotopic (exact) mass is 1570 g/mol. The Hall–Kier alpha value is -9.58. The van der Waals surface area contributed by atoms with Gasteiger partial charge in [-0.25, -0.2) is 0 Å². The summed E-state index contributed by atoms with van der Waals surface area (Å²) in [5, 5.41) is 0. The van der Waals surface area contributed by atoms with E-state index in [1.54, 1.807) is 22.4 Å². The lowest BCUT2D eigenvalue weighted by molar-refractivity contribution is 0.458. The van der Waals surface area contributed by atoms with Crippen molar-refractivity contribution in [2.24, 2.45) is 5.92 Å². The summed E-state index contributed by atoms with van der Waals surface area (Å²) in [4.78, 5) is 12.3. The van der Waals surface area contributed by atoms with Crippen molar-refractivity contribution in [2.75, 3.05) is 57.2 Å². The maximum atomic E-state index is 2.61. The molecule has 0 fully saturated rings. The second-order valence-electron chi connectivity index (χ2n) is 36.9. The van der Waals surface area contributed by atoms with Gasteiger partial charge in [-0.2, -0.15) is 0 Å². The molecule has 0 spiro atoms. The van der Waals surface area contributed by atoms with Gasteiger partial charge in [-0.05, 0) is 274 Å². The SMILES string of the molecule is CC(C)CN(c1ccccc1)c1ccc(C(C)C)cc1.CC(C)c1cc2c3c(c1)CCCN3CCC2.CC(C)c1ccc(-c2ccc(N(c3ccccc3)c3ccccc3)cc2)cc1.CCCCC(C)(C)c1ccc(N(c2ccc(C(C)C)cc2)c2ccc(C(C)(C)CCCC)cc2)cc1.CCCCCN1CCCc2cc(C(C)C)ccc21. The van der Waals surface area contributed by atoms with Crippen molar-refractivity contribution in [3.63, 3.8) is 0 Å². The molecule has 0 N–H and O–H groups in total. The van der Waals surface area contributed by atoms with Crippen molar-refractivity contribution in [1.82, 2.24) is 0 Å². The summed E-state index contributed by atoms with van der Waals surface area (Å²) < 4.78 is 0. The molecule has 0 amide bonds. The fourth-order valence-electron chi connectivity index (χ4n) is 16.9. The van der Waals surface area contributed by atoms with Crippen LogP contribution in [0.3, 0.4) is 0 Å². The average Bonchev–Trinajstić information content (AvgIpc) is 0.765. The third kappa shape index (κ3) is 25.3. The topological polar surface area (TPSA) is 16.2 Å². The first-order chi connectivity index (χ1) is 56.9. The highest BCUT2D eigenvalue weighted by molar-refractivity contribution is 5.80. The van der Waals surface area contributed by atoms with Gasteiger partial charge in [0.05, 0.1) is 0 Å². The van der Waals surface area contributed by atoms with Gasteiger partial charge >= 0.3 is 0 Å². The van der Waals surface area contributed by atoms with Crippen molar-refractivity contribution in [2.45, 2.75) is 268 Å². The smallest absolute Gasteiger partial charge is 0.0462 e. The maximum absolute atomic E-state index is 2.61. The van der Waals surface area contributed by atoms with E-state index in [4.69, 9.17) is 0 Å². The number of rotatable bonds is 28. The molecule has 0 aromatic heterocycles. The Morgan fingerprint density at radius 1 is 0.314 bits per heavy atom. The molecule has 5 heteroatoms. The van der Waals surface area contributed by atoms with Crippen LogP contribution in [0.2, 0.25) is 0 Å². The molecule has 3 heterocycles. The third-order valence-corrected chi connectivity index (χ3v) is 24.5. The lowest BCUT2D eigenvalue weighted by Gasteiger charge is -2.37. The minimum atomic E-state index is 0.198. The highest BCUT2D eigenvalue weighted by Crippen LogP contribution is 2.43. The van der Waals surface area contributed by atoms with E-state index in [2.05, 4.69) is 423 Å². The van der Waals surface area contributed by atoms with Crippen molar-refractivity contribution < 1.29 is 0 Å². The molecule has 11 aromatic carbocycles. The number of nitrogens with zero attached hydrogens (tertiary/aromatic N) is 5. The van der Waals surface area contributed by atoms with E-state index in [9.17, 15) is 0 Å². The average molecular weight is 1580 g/mol. The second kappa shape index (κ2) is 44.5. The first kappa shape index (κ1) is 90.7. The number of benzene rings is 11. The van der Waals surface area contributed by atoms with Crippen LogP contribution in [-0.4, -0.2) is 32.7 Å². The van der Waals surface area contributed by atoms with Gasteiger partial charge in [-0.3, -0.25) is 0 Å². The first-order valence-electron chi connectivity index (χ1n) is 45.8. The Morgan fingerprint density at radius 2 is 0.636 bits per heavy atom. The summed E-state index contributed by atoms with van der Waals surface area (Å²) in [6.07, 6.45) is 19.3. The fourth-order valence-corrected chi connectivity index (χ4v) is 16.9. The molecule has 5 nitrogen and oxygen atoms in total. The molecular weight excluding hydrogens is 1430 g/mol. The predicted octanol–water partition coefficient (Wildman–Crippen LogP) is 33.0. The van der Waals surface area contributed by atoms with Crippen molar-refractivity contribution >= 4 is 56.9 Å². The standard InChI is InChI=1S/C35H49N.C27H25N.C19H25N.C17H27N.C15H21N/c1-9-11-25-34(5,6)29-15-21-32(22-16-29)36(31-19-13-28(14-20-31)27(3)4)33-23-17-30(18-24-33)35(7,8)26-12-10-2;1-21(2)22-13-15-23(16-14-22)24-17-19-27(20-18-24)28(25-9-5-3-6-10-25)26-11-7-4-8-12-26;1-15(2)14-20(18-8-6-5-7-9-18)19-12-10-17(11-13-19)16(3)4;1-4-5-6-11-18-12-7-8-16-13-15(14(2)3)9-10-17(16)18;1-11(2)14-9-12-5-3-7-16-8-4-6-13(10-14)15(12)16/h13-24,27H,9-12,25-26H2,1-8H3;3-21H,1-2H3;5-13,15-16H,14H2,1-4H3;9-10,13-14H,4-8,11-12H2,1-3H3;9-11H,3-8H2,1-2H3. The summed E-state index contributed by atoms with van der Waals surface area (Å²) in [6.45, 7) is 49.5. The zero-order valence-electron chi connectivity index (χ0n) is 76.2. The van der Waals surface area contributed by atoms with Crippen molar-refractivity contribution in [3.05, 3.63) is 323 Å². The Bertz CT molecular complexity index is 4570. The van der Waals surface area contributed by atoms with Crippen LogP contribution in [0, 0.1) is 5.92 Å². The minimum absolute atomic E-state index is 0.198. The number of aryl methyl sites for hydroxylation is 3. The molecule has 624 valence electrons. The molecule has 0 aliphatic carbocycles. The van der Waals surface area contributed by atoms with Crippen molar-refractivity contribution in [1.29, 1.82) is 0 Å². The van der Waals surface area contributed by atoms with Gasteiger partial charge < -0.3 is 24.5 Å². The zero-order valence-corrected chi connectivity index (χ0v) is 76.2. The summed E-state index contributed by atoms with van der Waals surface area (Å²) in [5.74, 6) is 3.60. The largest absolute Gasteiger partial charge is 0.371 e. The van der Waals surface area contributed by atoms with E-state index in [-0.39, 0.29) is 10.8 Å². The maximum Gasteiger partial charge on any atom is 0.0462 e. The molecule has 0 radical (unpaired) electrons. The Labute approximate surface area is 717 Å². The van der Waals surface area contributed by atoms with Crippen LogP contribution in [0.25, 0.3) is 11.1 Å². The van der Waals surface area contributed by atoms with E-state index in [1.165, 1.54) is 207 Å². The Kier molecular flexibility index (Phi) is 34.2. The number of para-hydroxylation sites is 3. The molecular formula is C113H147N5. The van der Waals surface area contributed by atoms with Gasteiger partial charge in [0.25, 0.3) is 0 Å². The van der Waals surface area contributed by atoms with Gasteiger partial charge in [0.2, 0.25) is 0 Å². The first-order valence-corrected chi connectivity index (χ1v) is 45.8. The van der Waals surface area contributed by atoms with Gasteiger partial charge in [-0.15, -0.1) is 0 Å². The predicted molar refractivity (Wildman–Crippen MR) is 520 cm³/mol. The summed E-state index contributed by atoms with van der Waals surface area (Å²) in [5.41, 5.74) is 30.4. The third-order valence-electron chi connectivity index (χ3n) is 24.5. The highest BCUT2D eigenvalue weighted by Gasteiger charge is 2.27. The number of hydrogen-bond donors (Lipinski definition) is 0. The van der Waals surface area contributed by atoms with Gasteiger partial charge in [0.15, 0.2) is 0 Å². The number of unbranched alkanes of at least 4 members (excludes halogenated alkanes) is 4.